The Bertz CT molecular complexity index is 563. The van der Waals surface area contributed by atoms with Gasteiger partial charge in [0.25, 0.3) is 0 Å². The van der Waals surface area contributed by atoms with Gasteiger partial charge in [-0.3, -0.25) is 0 Å². The molecule has 1 aromatic carbocycles. The van der Waals surface area contributed by atoms with Crippen molar-refractivity contribution < 1.29 is 4.39 Å². The lowest BCUT2D eigenvalue weighted by atomic mass is 10.3. The maximum atomic E-state index is 13.5. The third kappa shape index (κ3) is 3.09. The first-order valence-electron chi connectivity index (χ1n) is 4.59. The van der Waals surface area contributed by atoms with Crippen LogP contribution in [0.15, 0.2) is 34.9 Å². The van der Waals surface area contributed by atoms with E-state index >= 15 is 0 Å². The molecule has 0 unspecified atom stereocenters. The molecule has 0 aliphatic rings. The lowest BCUT2D eigenvalue weighted by molar-refractivity contribution is 0.632. The lowest BCUT2D eigenvalue weighted by Gasteiger charge is -2.08. The number of rotatable bonds is 2. The molecule has 2 rings (SSSR count). The third-order valence-corrected chi connectivity index (χ3v) is 3.04. The predicted octanol–water partition coefficient (Wildman–Crippen LogP) is 5.03. The second kappa shape index (κ2) is 5.21. The van der Waals surface area contributed by atoms with Crippen LogP contribution in [0.2, 0.25) is 10.0 Å². The van der Waals surface area contributed by atoms with Crippen molar-refractivity contribution in [3.8, 4) is 0 Å². The Labute approximate surface area is 116 Å². The van der Waals surface area contributed by atoms with Gasteiger partial charge in [-0.1, -0.05) is 23.2 Å². The Balaban J connectivity index is 2.34. The third-order valence-electron chi connectivity index (χ3n) is 1.99. The minimum atomic E-state index is -0.405. The molecule has 0 fully saturated rings. The Morgan fingerprint density at radius 1 is 1.18 bits per heavy atom. The van der Waals surface area contributed by atoms with Crippen molar-refractivity contribution in [2.75, 3.05) is 5.32 Å². The minimum Gasteiger partial charge on any atom is -0.337 e. The van der Waals surface area contributed by atoms with Crippen molar-refractivity contribution >= 4 is 50.6 Å². The first-order valence-corrected chi connectivity index (χ1v) is 6.14. The van der Waals surface area contributed by atoms with Crippen LogP contribution in [0, 0.1) is 5.82 Å². The van der Waals surface area contributed by atoms with Crippen molar-refractivity contribution in [1.29, 1.82) is 0 Å². The van der Waals surface area contributed by atoms with E-state index in [0.717, 1.165) is 0 Å². The number of pyridine rings is 1. The molecule has 0 bridgehead atoms. The molecule has 6 heteroatoms. The van der Waals surface area contributed by atoms with Crippen LogP contribution >= 0.6 is 39.1 Å². The Morgan fingerprint density at radius 3 is 2.65 bits per heavy atom. The molecule has 1 heterocycles. The van der Waals surface area contributed by atoms with E-state index in [9.17, 15) is 4.39 Å². The number of nitrogens with one attached hydrogen (secondary N) is 1. The van der Waals surface area contributed by atoms with Crippen molar-refractivity contribution in [1.82, 2.24) is 4.98 Å². The Hall–Kier alpha value is -0.840. The molecule has 2 nitrogen and oxygen atoms in total. The number of anilines is 2. The molecular weight excluding hydrogens is 330 g/mol. The van der Waals surface area contributed by atoms with Gasteiger partial charge in [0.05, 0.1) is 15.2 Å². The molecule has 0 radical (unpaired) electrons. The monoisotopic (exact) mass is 334 g/mol. The zero-order valence-corrected chi connectivity index (χ0v) is 11.4. The molecule has 0 aliphatic heterocycles. The number of hydrogen-bond acceptors (Lipinski definition) is 2. The van der Waals surface area contributed by atoms with Crippen LogP contribution in [0.3, 0.4) is 0 Å². The molecule has 1 N–H and O–H groups in total. The van der Waals surface area contributed by atoms with Gasteiger partial charge in [-0.05, 0) is 40.2 Å². The first kappa shape index (κ1) is 12.6. The van der Waals surface area contributed by atoms with E-state index in [-0.39, 0.29) is 5.69 Å². The average molecular weight is 336 g/mol. The SMILES string of the molecule is Fc1ccc(Cl)cc1Nc1ncc(Cl)cc1Br. The summed E-state index contributed by atoms with van der Waals surface area (Å²) in [5.74, 6) is 0.0635. The summed E-state index contributed by atoms with van der Waals surface area (Å²) in [4.78, 5) is 4.04. The summed E-state index contributed by atoms with van der Waals surface area (Å²) in [5, 5.41) is 3.77. The highest BCUT2D eigenvalue weighted by Gasteiger charge is 2.07. The minimum absolute atomic E-state index is 0.257. The highest BCUT2D eigenvalue weighted by atomic mass is 79.9. The highest BCUT2D eigenvalue weighted by Crippen LogP contribution is 2.28. The largest absolute Gasteiger partial charge is 0.337 e. The molecular formula is C11H6BrCl2FN2. The van der Waals surface area contributed by atoms with Crippen molar-refractivity contribution in [3.63, 3.8) is 0 Å². The predicted molar refractivity (Wildman–Crippen MR) is 71.6 cm³/mol. The van der Waals surface area contributed by atoms with Gasteiger partial charge >= 0.3 is 0 Å². The summed E-state index contributed by atoms with van der Waals surface area (Å²) in [6.45, 7) is 0. The summed E-state index contributed by atoms with van der Waals surface area (Å²) < 4.78 is 14.1. The van der Waals surface area contributed by atoms with Crippen LogP contribution in [0.1, 0.15) is 0 Å². The molecule has 1 aromatic heterocycles. The van der Waals surface area contributed by atoms with E-state index in [2.05, 4.69) is 26.2 Å². The molecule has 2 aromatic rings. The Kier molecular flexibility index (Phi) is 3.86. The van der Waals surface area contributed by atoms with Crippen LogP contribution in [0.4, 0.5) is 15.9 Å². The molecule has 0 amide bonds. The van der Waals surface area contributed by atoms with Crippen molar-refractivity contribution in [2.24, 2.45) is 0 Å². The van der Waals surface area contributed by atoms with Crippen LogP contribution in [0.5, 0.6) is 0 Å². The summed E-state index contributed by atoms with van der Waals surface area (Å²) in [7, 11) is 0. The molecule has 0 saturated carbocycles. The second-order valence-electron chi connectivity index (χ2n) is 3.23. The summed E-state index contributed by atoms with van der Waals surface area (Å²) in [6, 6.07) is 5.92. The fourth-order valence-electron chi connectivity index (χ4n) is 1.23. The maximum Gasteiger partial charge on any atom is 0.146 e. The van der Waals surface area contributed by atoms with E-state index in [0.29, 0.717) is 20.3 Å². The van der Waals surface area contributed by atoms with E-state index in [1.165, 1.54) is 24.4 Å². The summed E-state index contributed by atoms with van der Waals surface area (Å²) >= 11 is 14.8. The quantitative estimate of drug-likeness (QED) is 0.832. The number of benzene rings is 1. The van der Waals surface area contributed by atoms with Gasteiger partial charge in [0.15, 0.2) is 0 Å². The smallest absolute Gasteiger partial charge is 0.146 e. The van der Waals surface area contributed by atoms with Gasteiger partial charge in [-0.15, -0.1) is 0 Å². The first-order chi connectivity index (χ1) is 8.06. The molecule has 0 saturated heterocycles. The van der Waals surface area contributed by atoms with Crippen LogP contribution in [-0.4, -0.2) is 4.98 Å². The molecule has 17 heavy (non-hydrogen) atoms. The highest BCUT2D eigenvalue weighted by molar-refractivity contribution is 9.10. The normalized spacial score (nSPS) is 10.4. The molecule has 0 spiro atoms. The summed E-state index contributed by atoms with van der Waals surface area (Å²) in [6.07, 6.45) is 1.47. The number of hydrogen-bond donors (Lipinski definition) is 1. The van der Waals surface area contributed by atoms with Crippen LogP contribution in [-0.2, 0) is 0 Å². The molecule has 0 atom stereocenters. The van der Waals surface area contributed by atoms with E-state index in [1.807, 2.05) is 0 Å². The fraction of sp³-hybridized carbons (Fsp3) is 0. The van der Waals surface area contributed by atoms with E-state index < -0.39 is 5.82 Å². The zero-order valence-electron chi connectivity index (χ0n) is 8.35. The van der Waals surface area contributed by atoms with Gasteiger partial charge < -0.3 is 5.32 Å². The van der Waals surface area contributed by atoms with Crippen LogP contribution < -0.4 is 5.32 Å². The van der Waals surface area contributed by atoms with Gasteiger partial charge in [-0.2, -0.15) is 0 Å². The van der Waals surface area contributed by atoms with Crippen molar-refractivity contribution in [3.05, 3.63) is 50.8 Å². The second-order valence-corrected chi connectivity index (χ2v) is 4.96. The zero-order chi connectivity index (χ0) is 12.4. The maximum absolute atomic E-state index is 13.5. The lowest BCUT2D eigenvalue weighted by Crippen LogP contribution is -1.97. The number of nitrogens with zero attached hydrogens (tertiary/aromatic N) is 1. The fourth-order valence-corrected chi connectivity index (χ4v) is 2.14. The average Bonchev–Trinajstić information content (AvgIpc) is 2.27. The van der Waals surface area contributed by atoms with Gasteiger partial charge in [0, 0.05) is 11.2 Å². The van der Waals surface area contributed by atoms with Crippen LogP contribution in [0.25, 0.3) is 0 Å². The van der Waals surface area contributed by atoms with Gasteiger partial charge in [-0.25, -0.2) is 9.37 Å². The van der Waals surface area contributed by atoms with Gasteiger partial charge in [0.2, 0.25) is 0 Å². The summed E-state index contributed by atoms with van der Waals surface area (Å²) in [5.41, 5.74) is 0.257. The van der Waals surface area contributed by atoms with Crippen molar-refractivity contribution in [2.45, 2.75) is 0 Å². The number of aromatic nitrogens is 1. The van der Waals surface area contributed by atoms with E-state index in [1.54, 1.807) is 6.07 Å². The topological polar surface area (TPSA) is 24.9 Å². The molecule has 88 valence electrons. The standard InChI is InChI=1S/C11H6BrCl2FN2/c12-8-3-7(14)5-16-11(8)17-10-4-6(13)1-2-9(10)15/h1-5H,(H,16,17). The molecule has 0 aliphatic carbocycles. The Morgan fingerprint density at radius 2 is 1.94 bits per heavy atom. The van der Waals surface area contributed by atoms with Gasteiger partial charge in [0.1, 0.15) is 11.6 Å². The van der Waals surface area contributed by atoms with E-state index in [4.69, 9.17) is 23.2 Å². The number of halogens is 4.